The highest BCUT2D eigenvalue weighted by Crippen LogP contribution is 2.13. The summed E-state index contributed by atoms with van der Waals surface area (Å²) >= 11 is 1.39. The molecule has 2 aromatic heterocycles. The van der Waals surface area contributed by atoms with E-state index in [1.807, 2.05) is 0 Å². The Hall–Kier alpha value is -2.22. The zero-order valence-corrected chi connectivity index (χ0v) is 13.5. The van der Waals surface area contributed by atoms with Crippen molar-refractivity contribution in [2.24, 2.45) is 0 Å². The number of amides is 1. The molecule has 2 aromatic rings. The minimum Gasteiger partial charge on any atom is -0.481 e. The van der Waals surface area contributed by atoms with Gasteiger partial charge in [-0.3, -0.25) is 19.0 Å². The molecule has 0 unspecified atom stereocenters. The van der Waals surface area contributed by atoms with Gasteiger partial charge in [0.05, 0.1) is 11.7 Å². The number of unbranched alkanes of at least 4 members (excludes halogenated alkanes) is 3. The molecule has 0 aliphatic carbocycles. The Kier molecular flexibility index (Phi) is 6.28. The van der Waals surface area contributed by atoms with Crippen LogP contribution in [0.1, 0.15) is 32.1 Å². The number of hydrogen-bond donors (Lipinski definition) is 2. The van der Waals surface area contributed by atoms with Crippen molar-refractivity contribution in [2.45, 2.75) is 38.6 Å². The van der Waals surface area contributed by atoms with Gasteiger partial charge in [-0.1, -0.05) is 12.8 Å². The van der Waals surface area contributed by atoms with Crippen molar-refractivity contribution in [3.63, 3.8) is 0 Å². The van der Waals surface area contributed by atoms with Gasteiger partial charge in [-0.25, -0.2) is 4.98 Å². The van der Waals surface area contributed by atoms with Gasteiger partial charge in [-0.05, 0) is 24.3 Å². The number of aromatic nitrogens is 2. The lowest BCUT2D eigenvalue weighted by atomic mass is 10.1. The topological polar surface area (TPSA) is 101 Å². The fourth-order valence-corrected chi connectivity index (χ4v) is 2.92. The zero-order valence-electron chi connectivity index (χ0n) is 12.7. The molecule has 0 spiro atoms. The molecule has 0 saturated heterocycles. The maximum Gasteiger partial charge on any atom is 0.303 e. The van der Waals surface area contributed by atoms with Gasteiger partial charge in [0, 0.05) is 13.0 Å². The quantitative estimate of drug-likeness (QED) is 0.677. The molecule has 2 rings (SSSR count). The maximum atomic E-state index is 12.1. The highest BCUT2D eigenvalue weighted by molar-refractivity contribution is 7.16. The number of hydrogen-bond acceptors (Lipinski definition) is 5. The van der Waals surface area contributed by atoms with E-state index < -0.39 is 5.97 Å². The van der Waals surface area contributed by atoms with E-state index in [2.05, 4.69) is 10.3 Å². The highest BCUT2D eigenvalue weighted by Gasteiger charge is 2.08. The summed E-state index contributed by atoms with van der Waals surface area (Å²) in [4.78, 5) is 39.2. The van der Waals surface area contributed by atoms with Crippen LogP contribution in [0.25, 0.3) is 10.2 Å². The third kappa shape index (κ3) is 5.17. The van der Waals surface area contributed by atoms with Gasteiger partial charge in [0.15, 0.2) is 0 Å². The number of aliphatic carboxylic acids is 1. The molecule has 124 valence electrons. The number of thiophene rings is 1. The van der Waals surface area contributed by atoms with Crippen molar-refractivity contribution >= 4 is 33.4 Å². The lowest BCUT2D eigenvalue weighted by Gasteiger charge is -2.07. The van der Waals surface area contributed by atoms with E-state index >= 15 is 0 Å². The number of fused-ring (bicyclic) bond motifs is 1. The van der Waals surface area contributed by atoms with Crippen LogP contribution in [-0.2, 0) is 16.1 Å². The summed E-state index contributed by atoms with van der Waals surface area (Å²) < 4.78 is 1.30. The van der Waals surface area contributed by atoms with Crippen LogP contribution < -0.4 is 10.9 Å². The van der Waals surface area contributed by atoms with Crippen LogP contribution in [0.5, 0.6) is 0 Å². The lowest BCUT2D eigenvalue weighted by molar-refractivity contribution is -0.137. The molecule has 0 saturated carbocycles. The Balaban J connectivity index is 1.71. The van der Waals surface area contributed by atoms with Crippen molar-refractivity contribution < 1.29 is 14.7 Å². The van der Waals surface area contributed by atoms with Crippen LogP contribution in [0.2, 0.25) is 0 Å². The molecule has 2 N–H and O–H groups in total. The second kappa shape index (κ2) is 8.42. The Bertz CT molecular complexity index is 738. The largest absolute Gasteiger partial charge is 0.481 e. The smallest absolute Gasteiger partial charge is 0.303 e. The van der Waals surface area contributed by atoms with E-state index in [9.17, 15) is 14.4 Å². The van der Waals surface area contributed by atoms with E-state index in [1.165, 1.54) is 22.2 Å². The number of nitrogens with one attached hydrogen (secondary N) is 1. The summed E-state index contributed by atoms with van der Waals surface area (Å²) in [6.07, 6.45) is 4.74. The summed E-state index contributed by atoms with van der Waals surface area (Å²) in [6.45, 7) is 0.478. The minimum atomic E-state index is -0.778. The Morgan fingerprint density at radius 3 is 2.83 bits per heavy atom. The standard InChI is InChI=1S/C15H19N3O4S/c19-12(16-7-4-2-1-3-5-13(20)21)9-18-10-17-14-11(15(18)22)6-8-23-14/h6,8,10H,1-5,7,9H2,(H,16,19)(H,20,21). The summed E-state index contributed by atoms with van der Waals surface area (Å²) in [5, 5.41) is 13.6. The fourth-order valence-electron chi connectivity index (χ4n) is 2.20. The van der Waals surface area contributed by atoms with Crippen LogP contribution >= 0.6 is 11.3 Å². The molecule has 0 aliphatic heterocycles. The van der Waals surface area contributed by atoms with E-state index in [1.54, 1.807) is 11.4 Å². The monoisotopic (exact) mass is 337 g/mol. The van der Waals surface area contributed by atoms with Crippen LogP contribution in [0.3, 0.4) is 0 Å². The van der Waals surface area contributed by atoms with Gasteiger partial charge in [0.1, 0.15) is 11.4 Å². The van der Waals surface area contributed by atoms with E-state index in [0.29, 0.717) is 23.2 Å². The Morgan fingerprint density at radius 1 is 1.26 bits per heavy atom. The predicted octanol–water partition coefficient (Wildman–Crippen LogP) is 1.61. The highest BCUT2D eigenvalue weighted by atomic mass is 32.1. The van der Waals surface area contributed by atoms with Crippen molar-refractivity contribution in [2.75, 3.05) is 6.54 Å². The van der Waals surface area contributed by atoms with Gasteiger partial charge >= 0.3 is 5.97 Å². The Labute approximate surface area is 137 Å². The molecule has 0 aliphatic rings. The molecule has 0 bridgehead atoms. The van der Waals surface area contributed by atoms with Crippen molar-refractivity contribution in [1.29, 1.82) is 0 Å². The van der Waals surface area contributed by atoms with Gasteiger partial charge in [-0.2, -0.15) is 0 Å². The minimum absolute atomic E-state index is 0.0450. The number of carbonyl (C=O) groups is 2. The van der Waals surface area contributed by atoms with Crippen LogP contribution in [0, 0.1) is 0 Å². The average Bonchev–Trinajstić information content (AvgIpc) is 2.98. The van der Waals surface area contributed by atoms with E-state index in [-0.39, 0.29) is 24.4 Å². The molecule has 0 atom stereocenters. The molecular weight excluding hydrogens is 318 g/mol. The zero-order chi connectivity index (χ0) is 16.7. The molecular formula is C15H19N3O4S. The predicted molar refractivity (Wildman–Crippen MR) is 87.6 cm³/mol. The van der Waals surface area contributed by atoms with Gasteiger partial charge in [-0.15, -0.1) is 11.3 Å². The molecule has 8 heteroatoms. The number of rotatable bonds is 9. The van der Waals surface area contributed by atoms with Crippen LogP contribution in [0.4, 0.5) is 0 Å². The summed E-state index contributed by atoms with van der Waals surface area (Å²) in [6, 6.07) is 1.71. The molecule has 0 fully saturated rings. The first kappa shape index (κ1) is 17.1. The normalized spacial score (nSPS) is 10.8. The first-order valence-corrected chi connectivity index (χ1v) is 8.37. The van der Waals surface area contributed by atoms with Gasteiger partial charge < -0.3 is 10.4 Å². The molecule has 0 radical (unpaired) electrons. The van der Waals surface area contributed by atoms with Gasteiger partial charge in [0.25, 0.3) is 5.56 Å². The molecule has 0 aromatic carbocycles. The van der Waals surface area contributed by atoms with Crippen molar-refractivity contribution in [3.8, 4) is 0 Å². The third-order valence-electron chi connectivity index (χ3n) is 3.40. The molecule has 2 heterocycles. The number of carboxylic acids is 1. The second-order valence-corrected chi connectivity index (χ2v) is 6.12. The van der Waals surface area contributed by atoms with E-state index in [4.69, 9.17) is 5.11 Å². The van der Waals surface area contributed by atoms with Crippen molar-refractivity contribution in [1.82, 2.24) is 14.9 Å². The maximum absolute atomic E-state index is 12.1. The van der Waals surface area contributed by atoms with Crippen LogP contribution in [-0.4, -0.2) is 33.1 Å². The summed E-state index contributed by atoms with van der Waals surface area (Å²) in [5.74, 6) is -1.01. The SMILES string of the molecule is O=C(O)CCCCCCNC(=O)Cn1cnc2sccc2c1=O. The van der Waals surface area contributed by atoms with Crippen molar-refractivity contribution in [3.05, 3.63) is 28.1 Å². The number of carboxylic acid groups (broad SMARTS) is 1. The Morgan fingerprint density at radius 2 is 2.04 bits per heavy atom. The fraction of sp³-hybridized carbons (Fsp3) is 0.467. The summed E-state index contributed by atoms with van der Waals surface area (Å²) in [7, 11) is 0. The first-order chi connectivity index (χ1) is 11.1. The molecule has 23 heavy (non-hydrogen) atoms. The third-order valence-corrected chi connectivity index (χ3v) is 4.22. The molecule has 7 nitrogen and oxygen atoms in total. The average molecular weight is 337 g/mol. The lowest BCUT2D eigenvalue weighted by Crippen LogP contribution is -2.32. The van der Waals surface area contributed by atoms with Gasteiger partial charge in [0.2, 0.25) is 5.91 Å². The number of carbonyl (C=O) groups excluding carboxylic acids is 1. The second-order valence-electron chi connectivity index (χ2n) is 5.22. The molecule has 1 amide bonds. The summed E-state index contributed by atoms with van der Waals surface area (Å²) in [5.41, 5.74) is -0.208. The number of nitrogens with zero attached hydrogens (tertiary/aromatic N) is 2. The van der Waals surface area contributed by atoms with Crippen LogP contribution in [0.15, 0.2) is 22.6 Å². The first-order valence-electron chi connectivity index (χ1n) is 7.49. The van der Waals surface area contributed by atoms with E-state index in [0.717, 1.165) is 19.3 Å².